The van der Waals surface area contributed by atoms with Gasteiger partial charge in [0.2, 0.25) is 12.9 Å². The van der Waals surface area contributed by atoms with Crippen LogP contribution in [0.5, 0.6) is 0 Å². The van der Waals surface area contributed by atoms with Crippen molar-refractivity contribution in [2.24, 2.45) is 43.3 Å². The zero-order valence-electron chi connectivity index (χ0n) is 46.1. The van der Waals surface area contributed by atoms with Crippen molar-refractivity contribution in [3.8, 4) is 12.3 Å². The van der Waals surface area contributed by atoms with E-state index in [1.807, 2.05) is 26.8 Å². The Bertz CT molecular complexity index is 1010. The van der Waals surface area contributed by atoms with Crippen LogP contribution in [0.1, 0.15) is 251 Å². The Morgan fingerprint density at radius 2 is 0.794 bits per heavy atom. The topological polar surface area (TPSA) is 0 Å². The van der Waals surface area contributed by atoms with Crippen molar-refractivity contribution in [3.63, 3.8) is 0 Å². The number of hydrogen-bond acceptors (Lipinski definition) is 0. The molecule has 0 aromatic carbocycles. The molecular weight excluding hydrogens is 827 g/mol. The van der Waals surface area contributed by atoms with E-state index in [4.69, 9.17) is 6.42 Å². The third kappa shape index (κ3) is 147. The van der Waals surface area contributed by atoms with E-state index in [9.17, 15) is 43.9 Å². The van der Waals surface area contributed by atoms with E-state index < -0.39 is 43.5 Å². The van der Waals surface area contributed by atoms with Gasteiger partial charge in [0.25, 0.3) is 0 Å². The number of terminal acetylenes is 1. The van der Waals surface area contributed by atoms with Crippen molar-refractivity contribution >= 4 is 0 Å². The lowest BCUT2D eigenvalue weighted by molar-refractivity contribution is -0.152. The summed E-state index contributed by atoms with van der Waals surface area (Å²) >= 11 is 0. The minimum absolute atomic E-state index is 0.00694. The minimum Gasteiger partial charge on any atom is -0.211 e. The summed E-state index contributed by atoms with van der Waals surface area (Å²) in [5, 5.41) is 0. The molecule has 63 heavy (non-hydrogen) atoms. The summed E-state index contributed by atoms with van der Waals surface area (Å²) in [6.45, 7) is 56.1. The van der Waals surface area contributed by atoms with Crippen LogP contribution in [-0.4, -0.2) is 25.2 Å². The van der Waals surface area contributed by atoms with Gasteiger partial charge in [-0.05, 0) is 69.0 Å². The molecule has 0 heterocycles. The lowest BCUT2D eigenvalue weighted by Gasteiger charge is -2.19. The Morgan fingerprint density at radius 3 is 0.825 bits per heavy atom. The Morgan fingerprint density at radius 1 is 0.444 bits per heavy atom. The third-order valence-corrected chi connectivity index (χ3v) is 7.22. The largest absolute Gasteiger partial charge is 0.389 e. The molecule has 0 amide bonds. The molecule has 0 aromatic rings. The van der Waals surface area contributed by atoms with E-state index in [0.717, 1.165) is 12.8 Å². The summed E-state index contributed by atoms with van der Waals surface area (Å²) in [5.41, 5.74) is 0.809. The van der Waals surface area contributed by atoms with E-state index in [1.165, 1.54) is 19.3 Å². The fourth-order valence-corrected chi connectivity index (χ4v) is 3.61. The molecule has 388 valence electrons. The van der Waals surface area contributed by atoms with Crippen LogP contribution in [0.4, 0.5) is 43.9 Å². The van der Waals surface area contributed by atoms with Crippen molar-refractivity contribution in [2.75, 3.05) is 0 Å². The molecule has 0 aliphatic heterocycles. The van der Waals surface area contributed by atoms with E-state index in [0.29, 0.717) is 28.1 Å². The number of hydrogen-bond donors (Lipinski definition) is 0. The lowest BCUT2D eigenvalue weighted by atomic mass is 9.90. The molecular formula is C53H106F10. The van der Waals surface area contributed by atoms with Gasteiger partial charge in [0.1, 0.15) is 0 Å². The molecule has 0 radical (unpaired) electrons. The average Bonchev–Trinajstić information content (AvgIpc) is 2.91. The third-order valence-electron chi connectivity index (χ3n) is 7.22. The van der Waals surface area contributed by atoms with Gasteiger partial charge in [0.15, 0.2) is 0 Å². The quantitative estimate of drug-likeness (QED) is 0.141. The summed E-state index contributed by atoms with van der Waals surface area (Å²) in [6.07, 6.45) is 0.0671. The van der Waals surface area contributed by atoms with E-state index >= 15 is 0 Å². The van der Waals surface area contributed by atoms with Crippen molar-refractivity contribution in [2.45, 2.75) is 276 Å². The molecule has 0 aliphatic carbocycles. The van der Waals surface area contributed by atoms with Crippen LogP contribution in [0.25, 0.3) is 0 Å². The second-order valence-corrected chi connectivity index (χ2v) is 25.9. The van der Waals surface area contributed by atoms with Gasteiger partial charge in [0, 0.05) is 32.1 Å². The molecule has 0 unspecified atom stereocenters. The van der Waals surface area contributed by atoms with E-state index in [1.54, 1.807) is 62.3 Å². The van der Waals surface area contributed by atoms with Gasteiger partial charge in [-0.2, -0.15) is 26.3 Å². The summed E-state index contributed by atoms with van der Waals surface area (Å²) in [6, 6.07) is 0. The summed E-state index contributed by atoms with van der Waals surface area (Å²) in [7, 11) is 0. The van der Waals surface area contributed by atoms with Crippen molar-refractivity contribution < 1.29 is 43.9 Å². The molecule has 0 aliphatic rings. The van der Waals surface area contributed by atoms with Gasteiger partial charge in [-0.15, -0.1) is 18.9 Å². The number of halogens is 10. The molecule has 0 nitrogen and oxygen atoms in total. The smallest absolute Gasteiger partial charge is 0.211 e. The predicted octanol–water partition coefficient (Wildman–Crippen LogP) is 22.1. The van der Waals surface area contributed by atoms with Crippen LogP contribution in [0.3, 0.4) is 0 Å². The first-order valence-corrected chi connectivity index (χ1v) is 22.7. The first kappa shape index (κ1) is 78.7. The number of rotatable bonds is 6. The first-order chi connectivity index (χ1) is 27.0. The van der Waals surface area contributed by atoms with Crippen LogP contribution < -0.4 is 0 Å². The molecule has 0 N–H and O–H groups in total. The predicted molar refractivity (Wildman–Crippen MR) is 261 cm³/mol. The summed E-state index contributed by atoms with van der Waals surface area (Å²) < 4.78 is 116. The normalized spacial score (nSPS) is 12.5. The highest BCUT2D eigenvalue weighted by Crippen LogP contribution is 2.32. The zero-order valence-corrected chi connectivity index (χ0v) is 46.1. The van der Waals surface area contributed by atoms with Gasteiger partial charge in [-0.25, -0.2) is 17.6 Å². The maximum Gasteiger partial charge on any atom is 0.389 e. The van der Waals surface area contributed by atoms with Gasteiger partial charge in [0.05, 0.1) is 0 Å². The highest BCUT2D eigenvalue weighted by Gasteiger charge is 2.33. The Balaban J connectivity index is -0.0000000919. The number of allylic oxidation sites excluding steroid dienone is 1. The fourth-order valence-electron chi connectivity index (χ4n) is 3.61. The average molecular weight is 933 g/mol. The lowest BCUT2D eigenvalue weighted by Crippen LogP contribution is -2.18. The van der Waals surface area contributed by atoms with Gasteiger partial charge >= 0.3 is 12.4 Å². The van der Waals surface area contributed by atoms with Crippen LogP contribution in [-0.2, 0) is 0 Å². The van der Waals surface area contributed by atoms with Crippen LogP contribution in [0.2, 0.25) is 0 Å². The van der Waals surface area contributed by atoms with Gasteiger partial charge < -0.3 is 0 Å². The molecule has 0 saturated heterocycles. The van der Waals surface area contributed by atoms with Crippen LogP contribution in [0, 0.1) is 55.7 Å². The maximum absolute atomic E-state index is 11.6. The van der Waals surface area contributed by atoms with E-state index in [2.05, 4.69) is 109 Å². The Hall–Kier alpha value is -1.40. The van der Waals surface area contributed by atoms with Gasteiger partial charge in [-0.1, -0.05) is 199 Å². The highest BCUT2D eigenvalue weighted by atomic mass is 19.4. The summed E-state index contributed by atoms with van der Waals surface area (Å²) in [4.78, 5) is 0. The van der Waals surface area contributed by atoms with Crippen molar-refractivity contribution in [3.05, 3.63) is 12.7 Å². The minimum atomic E-state index is -4.02. The molecule has 10 heteroatoms. The second-order valence-electron chi connectivity index (χ2n) is 25.9. The Labute approximate surface area is 387 Å². The van der Waals surface area contributed by atoms with Crippen molar-refractivity contribution in [1.29, 1.82) is 0 Å². The standard InChI is InChI=1S/C7H13F3.C7H14F2.C7H16.C7H14.C7H12.C6H11F3.C6H12F2.C6H14/c1-6(2,3)4-5-7(8,9)10;1-7(2,3)5-4-6(8)9;3*1-5-6-7(2,3)4;1-5(2,3)4-6(7,8)9;1-6(2,3)4-5(7)8;1-5-6(2,3)4/h4-5H2,1-3H3;6H,4-5H2,1-3H3;5-6H2,1-4H3;5H,1,6H2,2-4H3;1H,6H2,2-4H3;4H2,1-3H3;5H,4H2,1-3H3;5H2,1-4H3. The van der Waals surface area contributed by atoms with Gasteiger partial charge in [-0.3, -0.25) is 0 Å². The summed E-state index contributed by atoms with van der Waals surface area (Å²) in [5.74, 6) is 2.61. The second kappa shape index (κ2) is 35.7. The Kier molecular flexibility index (Phi) is 44.7. The monoisotopic (exact) mass is 933 g/mol. The van der Waals surface area contributed by atoms with E-state index in [-0.39, 0.29) is 35.5 Å². The number of alkyl halides is 10. The van der Waals surface area contributed by atoms with Crippen molar-refractivity contribution in [1.82, 2.24) is 0 Å². The molecule has 0 fully saturated rings. The molecule has 0 saturated carbocycles. The SMILES string of the molecule is C#CCC(C)(C)C.C=CCC(C)(C)C.CC(C)(C)CC(F)(F)F.CC(C)(C)CC(F)F.CC(C)(C)CCC(F)(F)F.CC(C)(C)CCC(F)F.CCC(C)(C)C.CCCC(C)(C)C. The molecule has 0 bridgehead atoms. The first-order valence-electron chi connectivity index (χ1n) is 22.7. The van der Waals surface area contributed by atoms with Crippen LogP contribution >= 0.6 is 0 Å². The molecule has 0 aromatic heterocycles. The fraction of sp³-hybridized carbons (Fsp3) is 0.925. The maximum atomic E-state index is 11.6. The molecule has 0 atom stereocenters. The van der Waals surface area contributed by atoms with Crippen LogP contribution in [0.15, 0.2) is 12.7 Å². The molecule has 0 spiro atoms. The highest BCUT2D eigenvalue weighted by molar-refractivity contribution is 4.88. The zero-order chi connectivity index (χ0) is 53.3. The molecule has 0 rings (SSSR count).